The molecule has 15 nitrogen and oxygen atoms in total. The number of H-pyrrole nitrogens is 1. The number of hydrogen-bond donors (Lipinski definition) is 5. The van der Waals surface area contributed by atoms with E-state index >= 15 is 0 Å². The number of anilines is 2. The van der Waals surface area contributed by atoms with Crippen LogP contribution in [0.15, 0.2) is 92.3 Å². The van der Waals surface area contributed by atoms with Crippen molar-refractivity contribution in [1.29, 1.82) is 0 Å². The van der Waals surface area contributed by atoms with E-state index in [4.69, 9.17) is 15.3 Å². The van der Waals surface area contributed by atoms with E-state index < -0.39 is 32.1 Å². The maximum absolute atomic E-state index is 14.2. The molecule has 246 valence electrons. The van der Waals surface area contributed by atoms with E-state index in [1.807, 2.05) is 0 Å². The Morgan fingerprint density at radius 1 is 0.833 bits per heavy atom. The maximum atomic E-state index is 14.2. The molecule has 48 heavy (non-hydrogen) atoms. The summed E-state index contributed by atoms with van der Waals surface area (Å²) in [7, 11) is -3.24. The van der Waals surface area contributed by atoms with Gasteiger partial charge in [0.1, 0.15) is 5.75 Å². The Balaban J connectivity index is 1.58. The number of ketones is 2. The molecule has 0 radical (unpaired) electrons. The van der Waals surface area contributed by atoms with Gasteiger partial charge < -0.3 is 15.0 Å². The number of pyridine rings is 1. The van der Waals surface area contributed by atoms with E-state index in [0.717, 1.165) is 12.1 Å². The SMILES string of the molecule is COc1ccc(C(=O)c2c3c4c(c(Nc5ccc(S(=O)(=O)O)cc5SOOO)ccc4[nH]c2=O)C(=O)c2ccccc2-3)cc1SOOO. The van der Waals surface area contributed by atoms with E-state index in [2.05, 4.69) is 29.0 Å². The lowest BCUT2D eigenvalue weighted by molar-refractivity contribution is -0.432. The smallest absolute Gasteiger partial charge is 0.294 e. The van der Waals surface area contributed by atoms with Crippen molar-refractivity contribution in [3.05, 3.63) is 105 Å². The first-order chi connectivity index (χ1) is 23.1. The predicted molar refractivity (Wildman–Crippen MR) is 171 cm³/mol. The van der Waals surface area contributed by atoms with E-state index in [0.29, 0.717) is 29.6 Å². The summed E-state index contributed by atoms with van der Waals surface area (Å²) in [5.41, 5.74) is 0.515. The summed E-state index contributed by atoms with van der Waals surface area (Å²) in [5.74, 6) is -0.856. The fraction of sp³-hybridized carbons (Fsp3) is 0.0333. The predicted octanol–water partition coefficient (Wildman–Crippen LogP) is 5.83. The minimum atomic E-state index is -4.62. The standard InChI is InChI=1S/C30H20N2O13S3/c1-41-21-11-6-14(12-23(21)47-45-43-37)28(33)27-24-16-4-2-3-5-17(16)29(34)26-20(10-9-19(25(24)26)32-30(27)35)31-18-8-7-15(48(38,39)40)13-22(18)46-44-42-36/h2-13,31,36-37H,1H3,(H,32,35)(H,38,39,40). The van der Waals surface area contributed by atoms with Gasteiger partial charge in [-0.25, -0.2) is 10.5 Å². The van der Waals surface area contributed by atoms with Crippen molar-refractivity contribution >= 4 is 68.0 Å². The zero-order valence-electron chi connectivity index (χ0n) is 24.1. The van der Waals surface area contributed by atoms with Crippen LogP contribution in [0.3, 0.4) is 0 Å². The minimum absolute atomic E-state index is 0.0245. The Bertz CT molecular complexity index is 2290. The molecule has 0 saturated heterocycles. The van der Waals surface area contributed by atoms with Crippen molar-refractivity contribution in [2.24, 2.45) is 0 Å². The number of aromatic amines is 1. The molecule has 1 aliphatic rings. The number of aromatic nitrogens is 1. The third-order valence-corrected chi connectivity index (χ3v) is 9.45. The van der Waals surface area contributed by atoms with Crippen molar-refractivity contribution < 1.29 is 56.6 Å². The number of carbonyl (C=O) groups excluding carboxylic acids is 2. The van der Waals surface area contributed by atoms with E-state index in [1.165, 1.54) is 43.5 Å². The van der Waals surface area contributed by atoms with Gasteiger partial charge in [0.15, 0.2) is 11.6 Å². The third-order valence-electron chi connectivity index (χ3n) is 7.33. The molecule has 1 heterocycles. The molecule has 4 aromatic carbocycles. The molecule has 1 aliphatic carbocycles. The first-order valence-corrected chi connectivity index (χ1v) is 16.3. The van der Waals surface area contributed by atoms with E-state index in [9.17, 15) is 27.4 Å². The van der Waals surface area contributed by atoms with Crippen LogP contribution in [0, 0.1) is 0 Å². The zero-order valence-corrected chi connectivity index (χ0v) is 26.5. The minimum Gasteiger partial charge on any atom is -0.495 e. The fourth-order valence-corrected chi connectivity index (χ4v) is 6.94. The van der Waals surface area contributed by atoms with Gasteiger partial charge >= 0.3 is 0 Å². The maximum Gasteiger partial charge on any atom is 0.294 e. The first kappa shape index (κ1) is 33.3. The number of nitrogens with one attached hydrogen (secondary N) is 2. The second kappa shape index (κ2) is 13.5. The molecule has 0 bridgehead atoms. The van der Waals surface area contributed by atoms with Gasteiger partial charge in [0.2, 0.25) is 0 Å². The molecule has 0 amide bonds. The second-order valence-electron chi connectivity index (χ2n) is 9.89. The average molecular weight is 713 g/mol. The zero-order chi connectivity index (χ0) is 34.2. The topological polar surface area (TPSA) is 220 Å². The van der Waals surface area contributed by atoms with Crippen molar-refractivity contribution in [3.8, 4) is 16.9 Å². The Labute approximate surface area is 278 Å². The molecule has 0 saturated carbocycles. The highest BCUT2D eigenvalue weighted by Gasteiger charge is 2.33. The van der Waals surface area contributed by atoms with Crippen LogP contribution in [0.5, 0.6) is 5.75 Å². The quantitative estimate of drug-likeness (QED) is 0.0331. The molecule has 0 fully saturated rings. The van der Waals surface area contributed by atoms with Crippen LogP contribution in [0.4, 0.5) is 11.4 Å². The molecule has 0 aliphatic heterocycles. The Morgan fingerprint density at radius 2 is 1.52 bits per heavy atom. The third kappa shape index (κ3) is 6.08. The van der Waals surface area contributed by atoms with Gasteiger partial charge in [-0.15, -0.1) is 8.67 Å². The van der Waals surface area contributed by atoms with Crippen molar-refractivity contribution in [2.45, 2.75) is 14.7 Å². The number of rotatable bonds is 12. The van der Waals surface area contributed by atoms with Crippen LogP contribution < -0.4 is 15.6 Å². The lowest BCUT2D eigenvalue weighted by Gasteiger charge is -2.24. The summed E-state index contributed by atoms with van der Waals surface area (Å²) in [6.45, 7) is 0. The van der Waals surface area contributed by atoms with Crippen molar-refractivity contribution in [2.75, 3.05) is 12.4 Å². The van der Waals surface area contributed by atoms with Crippen LogP contribution >= 0.6 is 24.1 Å². The highest BCUT2D eigenvalue weighted by molar-refractivity contribution is 7.95. The highest BCUT2D eigenvalue weighted by Crippen LogP contribution is 2.44. The molecule has 18 heteroatoms. The Kier molecular flexibility index (Phi) is 9.36. The number of carbonyl (C=O) groups is 2. The molecule has 0 spiro atoms. The van der Waals surface area contributed by atoms with Crippen LogP contribution in [-0.4, -0.2) is 47.1 Å². The van der Waals surface area contributed by atoms with Gasteiger partial charge in [-0.3, -0.25) is 18.9 Å². The summed E-state index contributed by atoms with van der Waals surface area (Å²) >= 11 is 0.967. The van der Waals surface area contributed by atoms with E-state index in [-0.39, 0.29) is 65.6 Å². The lowest BCUT2D eigenvalue weighted by atomic mass is 9.80. The summed E-state index contributed by atoms with van der Waals surface area (Å²) in [5, 5.41) is 28.0. The summed E-state index contributed by atoms with van der Waals surface area (Å²) in [6, 6.07) is 17.2. The number of hydrogen-bond acceptors (Lipinski definition) is 15. The van der Waals surface area contributed by atoms with Crippen LogP contribution in [0.2, 0.25) is 0 Å². The summed E-state index contributed by atoms with van der Waals surface area (Å²) < 4.78 is 47.4. The number of fused-ring (bicyclic) bond motifs is 2. The van der Waals surface area contributed by atoms with Gasteiger partial charge in [-0.05, 0) is 54.1 Å². The second-order valence-corrected chi connectivity index (χ2v) is 12.8. The number of methoxy groups -OCH3 is 1. The van der Waals surface area contributed by atoms with Gasteiger partial charge in [-0.2, -0.15) is 8.42 Å². The molecule has 0 atom stereocenters. The molecule has 5 aromatic rings. The lowest BCUT2D eigenvalue weighted by Crippen LogP contribution is -2.24. The summed E-state index contributed by atoms with van der Waals surface area (Å²) in [4.78, 5) is 44.4. The largest absolute Gasteiger partial charge is 0.495 e. The van der Waals surface area contributed by atoms with Crippen molar-refractivity contribution in [3.63, 3.8) is 0 Å². The Morgan fingerprint density at radius 3 is 2.21 bits per heavy atom. The molecule has 1 aromatic heterocycles. The first-order valence-electron chi connectivity index (χ1n) is 13.3. The molecule has 0 unspecified atom stereocenters. The van der Waals surface area contributed by atoms with Gasteiger partial charge in [0.05, 0.1) is 68.4 Å². The molecule has 5 N–H and O–H groups in total. The van der Waals surface area contributed by atoms with Crippen LogP contribution in [0.1, 0.15) is 31.8 Å². The highest BCUT2D eigenvalue weighted by atomic mass is 32.2. The van der Waals surface area contributed by atoms with Crippen molar-refractivity contribution in [1.82, 2.24) is 4.98 Å². The van der Waals surface area contributed by atoms with Crippen LogP contribution in [-0.2, 0) is 28.9 Å². The average Bonchev–Trinajstić information content (AvgIpc) is 3.08. The summed E-state index contributed by atoms with van der Waals surface area (Å²) in [6.07, 6.45) is 0. The van der Waals surface area contributed by atoms with E-state index in [1.54, 1.807) is 24.3 Å². The molecular formula is C30H20N2O13S3. The normalized spacial score (nSPS) is 12.2. The van der Waals surface area contributed by atoms with Gasteiger partial charge in [0, 0.05) is 27.6 Å². The monoisotopic (exact) mass is 712 g/mol. The Hall–Kier alpha value is -4.60. The van der Waals surface area contributed by atoms with Gasteiger partial charge in [-0.1, -0.05) is 34.3 Å². The fourth-order valence-electron chi connectivity index (χ4n) is 5.36. The number of ether oxygens (including phenoxy) is 1. The van der Waals surface area contributed by atoms with Gasteiger partial charge in [0.25, 0.3) is 15.7 Å². The van der Waals surface area contributed by atoms with Crippen LogP contribution in [0.25, 0.3) is 22.0 Å². The molecular weight excluding hydrogens is 693 g/mol. The number of benzene rings is 4. The molecule has 6 rings (SSSR count).